The number of hydrogen-bond acceptors (Lipinski definition) is 3. The van der Waals surface area contributed by atoms with Crippen molar-refractivity contribution < 1.29 is 9.57 Å². The number of nitrogens with zero attached hydrogens (tertiary/aromatic N) is 2. The van der Waals surface area contributed by atoms with Gasteiger partial charge in [-0.3, -0.25) is 4.57 Å². The van der Waals surface area contributed by atoms with Gasteiger partial charge in [-0.25, -0.2) is 4.79 Å². The lowest BCUT2D eigenvalue weighted by Gasteiger charge is -2.25. The van der Waals surface area contributed by atoms with Crippen LogP contribution in [0.1, 0.15) is 20.8 Å². The van der Waals surface area contributed by atoms with Crippen LogP contribution in [0.2, 0.25) is 0 Å². The van der Waals surface area contributed by atoms with Gasteiger partial charge < -0.3 is 9.57 Å². The zero-order chi connectivity index (χ0) is 14.0. The van der Waals surface area contributed by atoms with Gasteiger partial charge in [0.25, 0.3) is 0 Å². The van der Waals surface area contributed by atoms with Crippen molar-refractivity contribution in [2.45, 2.75) is 26.3 Å². The first-order valence-corrected chi connectivity index (χ1v) is 6.38. The summed E-state index contributed by atoms with van der Waals surface area (Å²) in [6.07, 6.45) is 0. The standard InChI is InChI=1S/C14H20N2O3/c1-5-19-16-12-9-7-6-8-11(12)15(13(16)17)14(2,3)10-18-4/h6-9H,5,10H2,1-4H3. The maximum absolute atomic E-state index is 12.5. The van der Waals surface area contributed by atoms with E-state index in [0.717, 1.165) is 11.0 Å². The van der Waals surface area contributed by atoms with Gasteiger partial charge in [0, 0.05) is 7.11 Å². The molecule has 5 nitrogen and oxygen atoms in total. The molecule has 0 atom stereocenters. The summed E-state index contributed by atoms with van der Waals surface area (Å²) in [5.74, 6) is 0. The van der Waals surface area contributed by atoms with Crippen molar-refractivity contribution in [3.05, 3.63) is 34.7 Å². The number of fused-ring (bicyclic) bond motifs is 1. The lowest BCUT2D eigenvalue weighted by atomic mass is 10.1. The molecule has 0 saturated heterocycles. The van der Waals surface area contributed by atoms with Crippen molar-refractivity contribution in [2.24, 2.45) is 0 Å². The first kappa shape index (κ1) is 13.7. The van der Waals surface area contributed by atoms with Crippen molar-refractivity contribution in [2.75, 3.05) is 20.3 Å². The average Bonchev–Trinajstić information content (AvgIpc) is 2.64. The summed E-state index contributed by atoms with van der Waals surface area (Å²) in [7, 11) is 1.63. The number of para-hydroxylation sites is 2. The summed E-state index contributed by atoms with van der Waals surface area (Å²) in [6.45, 7) is 6.70. The summed E-state index contributed by atoms with van der Waals surface area (Å²) >= 11 is 0. The first-order chi connectivity index (χ1) is 9.03. The van der Waals surface area contributed by atoms with Crippen LogP contribution in [-0.4, -0.2) is 29.6 Å². The van der Waals surface area contributed by atoms with E-state index in [2.05, 4.69) is 0 Å². The molecule has 0 unspecified atom stereocenters. The van der Waals surface area contributed by atoms with Gasteiger partial charge in [-0.05, 0) is 32.9 Å². The van der Waals surface area contributed by atoms with Gasteiger partial charge in [-0.15, -0.1) is 4.73 Å². The summed E-state index contributed by atoms with van der Waals surface area (Å²) in [6, 6.07) is 7.61. The fourth-order valence-corrected chi connectivity index (χ4v) is 2.38. The number of methoxy groups -OCH3 is 1. The van der Waals surface area contributed by atoms with Crippen LogP contribution >= 0.6 is 0 Å². The molecule has 104 valence electrons. The van der Waals surface area contributed by atoms with Crippen LogP contribution < -0.4 is 10.5 Å². The third-order valence-electron chi connectivity index (χ3n) is 3.07. The summed E-state index contributed by atoms with van der Waals surface area (Å²) in [5, 5.41) is 0. The lowest BCUT2D eigenvalue weighted by Crippen LogP contribution is -2.41. The first-order valence-electron chi connectivity index (χ1n) is 6.38. The lowest BCUT2D eigenvalue weighted by molar-refractivity contribution is 0.0937. The Labute approximate surface area is 112 Å². The van der Waals surface area contributed by atoms with E-state index in [1.807, 2.05) is 45.0 Å². The molecule has 0 radical (unpaired) electrons. The van der Waals surface area contributed by atoms with Crippen LogP contribution in [0.5, 0.6) is 0 Å². The van der Waals surface area contributed by atoms with Gasteiger partial charge in [0.1, 0.15) is 12.1 Å². The molecule has 0 aliphatic carbocycles. The molecule has 0 saturated carbocycles. The van der Waals surface area contributed by atoms with Crippen LogP contribution in [0.25, 0.3) is 11.0 Å². The predicted molar refractivity (Wildman–Crippen MR) is 74.5 cm³/mol. The highest BCUT2D eigenvalue weighted by atomic mass is 16.7. The SMILES string of the molecule is CCOn1c(=O)n(C(C)(C)COC)c2ccccc21. The Hall–Kier alpha value is -1.75. The summed E-state index contributed by atoms with van der Waals surface area (Å²) < 4.78 is 8.30. The molecule has 0 N–H and O–H groups in total. The fourth-order valence-electron chi connectivity index (χ4n) is 2.38. The van der Waals surface area contributed by atoms with Crippen molar-refractivity contribution in [1.82, 2.24) is 9.30 Å². The van der Waals surface area contributed by atoms with E-state index in [4.69, 9.17) is 9.57 Å². The maximum Gasteiger partial charge on any atom is 0.362 e. The van der Waals surface area contributed by atoms with E-state index < -0.39 is 5.54 Å². The molecule has 2 aromatic rings. The van der Waals surface area contributed by atoms with Crippen molar-refractivity contribution in [3.63, 3.8) is 0 Å². The largest absolute Gasteiger partial charge is 0.409 e. The van der Waals surface area contributed by atoms with Gasteiger partial charge in [0.05, 0.1) is 17.7 Å². The number of imidazole rings is 1. The molecule has 0 bridgehead atoms. The second-order valence-corrected chi connectivity index (χ2v) is 5.06. The average molecular weight is 264 g/mol. The van der Waals surface area contributed by atoms with Crippen LogP contribution in [-0.2, 0) is 10.3 Å². The number of ether oxygens (including phenoxy) is 1. The Kier molecular flexibility index (Phi) is 3.66. The number of benzene rings is 1. The highest BCUT2D eigenvalue weighted by Crippen LogP contribution is 2.21. The minimum Gasteiger partial charge on any atom is -0.409 e. The molecule has 1 heterocycles. The smallest absolute Gasteiger partial charge is 0.362 e. The molecule has 0 amide bonds. The van der Waals surface area contributed by atoms with Crippen molar-refractivity contribution >= 4 is 11.0 Å². The van der Waals surface area contributed by atoms with Crippen molar-refractivity contribution in [1.29, 1.82) is 0 Å². The maximum atomic E-state index is 12.5. The molecular formula is C14H20N2O3. The predicted octanol–water partition coefficient (Wildman–Crippen LogP) is 1.63. The van der Waals surface area contributed by atoms with E-state index in [1.165, 1.54) is 4.73 Å². The molecule has 1 aromatic carbocycles. The molecule has 0 aliphatic rings. The van der Waals surface area contributed by atoms with Gasteiger partial charge in [-0.1, -0.05) is 12.1 Å². The van der Waals surface area contributed by atoms with Gasteiger partial charge in [-0.2, -0.15) is 0 Å². The quantitative estimate of drug-likeness (QED) is 0.824. The molecule has 0 aliphatic heterocycles. The monoisotopic (exact) mass is 264 g/mol. The molecule has 2 rings (SSSR count). The van der Waals surface area contributed by atoms with Crippen LogP contribution in [0.4, 0.5) is 0 Å². The topological polar surface area (TPSA) is 45.4 Å². The van der Waals surface area contributed by atoms with E-state index in [9.17, 15) is 4.79 Å². The van der Waals surface area contributed by atoms with Crippen LogP contribution in [0.15, 0.2) is 29.1 Å². The Morgan fingerprint density at radius 3 is 2.42 bits per heavy atom. The molecule has 1 aromatic heterocycles. The third-order valence-corrected chi connectivity index (χ3v) is 3.07. The molecular weight excluding hydrogens is 244 g/mol. The Bertz CT molecular complexity index is 625. The molecule has 0 spiro atoms. The molecule has 19 heavy (non-hydrogen) atoms. The van der Waals surface area contributed by atoms with Crippen LogP contribution in [0.3, 0.4) is 0 Å². The second kappa shape index (κ2) is 5.09. The Morgan fingerprint density at radius 2 is 1.84 bits per heavy atom. The Morgan fingerprint density at radius 1 is 1.21 bits per heavy atom. The highest BCUT2D eigenvalue weighted by molar-refractivity contribution is 5.76. The third kappa shape index (κ3) is 2.26. The van der Waals surface area contributed by atoms with Gasteiger partial charge >= 0.3 is 5.69 Å². The summed E-state index contributed by atoms with van der Waals surface area (Å²) in [4.78, 5) is 18.0. The molecule has 0 fully saturated rings. The minimum absolute atomic E-state index is 0.176. The normalized spacial score (nSPS) is 12.0. The Balaban J connectivity index is 2.74. The van der Waals surface area contributed by atoms with Crippen molar-refractivity contribution in [3.8, 4) is 0 Å². The highest BCUT2D eigenvalue weighted by Gasteiger charge is 2.27. The zero-order valence-electron chi connectivity index (χ0n) is 11.8. The number of rotatable bonds is 5. The number of hydrogen-bond donors (Lipinski definition) is 0. The van der Waals surface area contributed by atoms with Crippen LogP contribution in [0, 0.1) is 0 Å². The van der Waals surface area contributed by atoms with Gasteiger partial charge in [0.2, 0.25) is 0 Å². The van der Waals surface area contributed by atoms with E-state index in [0.29, 0.717) is 13.2 Å². The van der Waals surface area contributed by atoms with E-state index >= 15 is 0 Å². The number of aromatic nitrogens is 2. The molecule has 5 heteroatoms. The summed E-state index contributed by atoms with van der Waals surface area (Å²) in [5.41, 5.74) is 1.01. The van der Waals surface area contributed by atoms with E-state index in [1.54, 1.807) is 11.7 Å². The second-order valence-electron chi connectivity index (χ2n) is 5.06. The minimum atomic E-state index is -0.437. The van der Waals surface area contributed by atoms with E-state index in [-0.39, 0.29) is 5.69 Å². The zero-order valence-corrected chi connectivity index (χ0v) is 11.8. The fraction of sp³-hybridized carbons (Fsp3) is 0.500. The van der Waals surface area contributed by atoms with Gasteiger partial charge in [0.15, 0.2) is 0 Å².